The van der Waals surface area contributed by atoms with Gasteiger partial charge in [-0.1, -0.05) is 42.5 Å². The van der Waals surface area contributed by atoms with E-state index in [0.717, 1.165) is 6.42 Å². The molecule has 5 heteroatoms. The SMILES string of the molecule is N#C/C(=C/NCCc1ccccc1)C(=O)Nc1ccccc1C#N. The van der Waals surface area contributed by atoms with Gasteiger partial charge in [-0.05, 0) is 24.1 Å². The molecule has 2 aromatic rings. The lowest BCUT2D eigenvalue weighted by Crippen LogP contribution is -2.18. The summed E-state index contributed by atoms with van der Waals surface area (Å²) in [5.74, 6) is -0.549. The molecule has 1 amide bonds. The minimum absolute atomic E-state index is 0.0456. The van der Waals surface area contributed by atoms with Crippen LogP contribution in [0.3, 0.4) is 0 Å². The van der Waals surface area contributed by atoms with Gasteiger partial charge < -0.3 is 10.6 Å². The summed E-state index contributed by atoms with van der Waals surface area (Å²) in [4.78, 5) is 12.1. The number of carbonyl (C=O) groups is 1. The molecular formula is C19H16N4O. The molecule has 0 saturated heterocycles. The largest absolute Gasteiger partial charge is 0.389 e. The molecule has 0 aliphatic carbocycles. The molecule has 0 radical (unpaired) electrons. The highest BCUT2D eigenvalue weighted by molar-refractivity contribution is 6.07. The van der Waals surface area contributed by atoms with E-state index >= 15 is 0 Å². The van der Waals surface area contributed by atoms with Crippen LogP contribution in [-0.2, 0) is 11.2 Å². The van der Waals surface area contributed by atoms with Crippen molar-refractivity contribution < 1.29 is 4.79 Å². The molecule has 5 nitrogen and oxygen atoms in total. The van der Waals surface area contributed by atoms with E-state index in [4.69, 9.17) is 10.5 Å². The first kappa shape index (κ1) is 16.8. The molecule has 0 spiro atoms. The Morgan fingerprint density at radius 3 is 2.46 bits per heavy atom. The van der Waals surface area contributed by atoms with Crippen LogP contribution in [-0.4, -0.2) is 12.5 Å². The molecule has 0 aromatic heterocycles. The summed E-state index contributed by atoms with van der Waals surface area (Å²) >= 11 is 0. The number of benzene rings is 2. The maximum atomic E-state index is 12.1. The predicted molar refractivity (Wildman–Crippen MR) is 91.6 cm³/mol. The molecule has 0 atom stereocenters. The van der Waals surface area contributed by atoms with E-state index in [2.05, 4.69) is 10.6 Å². The van der Waals surface area contributed by atoms with Crippen LogP contribution in [0.5, 0.6) is 0 Å². The predicted octanol–water partition coefficient (Wildman–Crippen LogP) is 2.74. The summed E-state index contributed by atoms with van der Waals surface area (Å²) < 4.78 is 0. The van der Waals surface area contributed by atoms with Crippen LogP contribution in [0.1, 0.15) is 11.1 Å². The molecule has 0 aliphatic rings. The fourth-order valence-corrected chi connectivity index (χ4v) is 2.06. The average molecular weight is 316 g/mol. The van der Waals surface area contributed by atoms with E-state index in [1.807, 2.05) is 42.5 Å². The van der Waals surface area contributed by atoms with E-state index in [0.29, 0.717) is 17.8 Å². The summed E-state index contributed by atoms with van der Waals surface area (Å²) in [6.07, 6.45) is 2.18. The van der Waals surface area contributed by atoms with Crippen molar-refractivity contribution in [2.24, 2.45) is 0 Å². The number of para-hydroxylation sites is 1. The number of hydrogen-bond donors (Lipinski definition) is 2. The van der Waals surface area contributed by atoms with Gasteiger partial charge in [0.05, 0.1) is 11.3 Å². The lowest BCUT2D eigenvalue weighted by atomic mass is 10.1. The van der Waals surface area contributed by atoms with Crippen molar-refractivity contribution in [1.29, 1.82) is 10.5 Å². The molecule has 0 saturated carbocycles. The molecule has 0 heterocycles. The Labute approximate surface area is 140 Å². The molecular weight excluding hydrogens is 300 g/mol. The van der Waals surface area contributed by atoms with Crippen molar-refractivity contribution in [1.82, 2.24) is 5.32 Å². The number of carbonyl (C=O) groups excluding carboxylic acids is 1. The average Bonchev–Trinajstić information content (AvgIpc) is 2.63. The summed E-state index contributed by atoms with van der Waals surface area (Å²) in [5, 5.41) is 23.7. The van der Waals surface area contributed by atoms with E-state index in [9.17, 15) is 4.79 Å². The molecule has 0 aliphatic heterocycles. The first-order valence-corrected chi connectivity index (χ1v) is 7.42. The van der Waals surface area contributed by atoms with Crippen LogP contribution in [0.25, 0.3) is 0 Å². The monoisotopic (exact) mass is 316 g/mol. The number of nitrogens with zero attached hydrogens (tertiary/aromatic N) is 2. The number of rotatable bonds is 6. The summed E-state index contributed by atoms with van der Waals surface area (Å²) in [6, 6.07) is 20.4. The number of amides is 1. The zero-order valence-electron chi connectivity index (χ0n) is 13.0. The second-order valence-electron chi connectivity index (χ2n) is 4.97. The fourth-order valence-electron chi connectivity index (χ4n) is 2.06. The molecule has 0 unspecified atom stereocenters. The highest BCUT2D eigenvalue weighted by Crippen LogP contribution is 2.14. The third-order valence-electron chi connectivity index (χ3n) is 3.31. The third-order valence-corrected chi connectivity index (χ3v) is 3.31. The molecule has 0 bridgehead atoms. The maximum Gasteiger partial charge on any atom is 0.267 e. The molecule has 24 heavy (non-hydrogen) atoms. The number of hydrogen-bond acceptors (Lipinski definition) is 4. The molecule has 2 rings (SSSR count). The quantitative estimate of drug-likeness (QED) is 0.487. The second-order valence-corrected chi connectivity index (χ2v) is 4.97. The Balaban J connectivity index is 1.94. The first-order chi connectivity index (χ1) is 11.7. The van der Waals surface area contributed by atoms with Gasteiger partial charge in [0, 0.05) is 12.7 Å². The van der Waals surface area contributed by atoms with Crippen LogP contribution in [0.2, 0.25) is 0 Å². The smallest absolute Gasteiger partial charge is 0.267 e. The Bertz CT molecular complexity index is 813. The van der Waals surface area contributed by atoms with Gasteiger partial charge in [-0.3, -0.25) is 4.79 Å². The van der Waals surface area contributed by atoms with Crippen LogP contribution in [0.15, 0.2) is 66.4 Å². The maximum absolute atomic E-state index is 12.1. The number of anilines is 1. The van der Waals surface area contributed by atoms with Gasteiger partial charge in [-0.25, -0.2) is 0 Å². The zero-order valence-corrected chi connectivity index (χ0v) is 13.0. The first-order valence-electron chi connectivity index (χ1n) is 7.42. The van der Waals surface area contributed by atoms with Gasteiger partial charge in [0.2, 0.25) is 0 Å². The Kier molecular flexibility index (Phi) is 6.14. The topological polar surface area (TPSA) is 88.7 Å². The normalized spacial score (nSPS) is 10.3. The standard InChI is InChI=1S/C19H16N4O/c20-12-16-8-4-5-9-18(16)23-19(24)17(13-21)14-22-11-10-15-6-2-1-3-7-15/h1-9,14,22H,10-11H2,(H,23,24)/b17-14-. The van der Waals surface area contributed by atoms with Gasteiger partial charge in [-0.2, -0.15) is 10.5 Å². The van der Waals surface area contributed by atoms with Gasteiger partial charge >= 0.3 is 0 Å². The van der Waals surface area contributed by atoms with Crippen molar-refractivity contribution in [3.63, 3.8) is 0 Å². The number of nitrogens with one attached hydrogen (secondary N) is 2. The van der Waals surface area contributed by atoms with Crippen molar-refractivity contribution >= 4 is 11.6 Å². The fraction of sp³-hybridized carbons (Fsp3) is 0.105. The van der Waals surface area contributed by atoms with Gasteiger partial charge in [0.1, 0.15) is 17.7 Å². The minimum Gasteiger partial charge on any atom is -0.389 e. The second kappa shape index (κ2) is 8.77. The summed E-state index contributed by atoms with van der Waals surface area (Å²) in [7, 11) is 0. The lowest BCUT2D eigenvalue weighted by Gasteiger charge is -2.06. The Morgan fingerprint density at radius 2 is 1.75 bits per heavy atom. The van der Waals surface area contributed by atoms with Crippen LogP contribution in [0.4, 0.5) is 5.69 Å². The van der Waals surface area contributed by atoms with E-state index in [1.54, 1.807) is 24.3 Å². The van der Waals surface area contributed by atoms with Gasteiger partial charge in [-0.15, -0.1) is 0 Å². The van der Waals surface area contributed by atoms with E-state index in [-0.39, 0.29) is 5.57 Å². The summed E-state index contributed by atoms with van der Waals surface area (Å²) in [6.45, 7) is 0.608. The molecule has 2 aromatic carbocycles. The van der Waals surface area contributed by atoms with Crippen LogP contribution >= 0.6 is 0 Å². The highest BCUT2D eigenvalue weighted by atomic mass is 16.1. The van der Waals surface area contributed by atoms with Gasteiger partial charge in [0.15, 0.2) is 0 Å². The van der Waals surface area contributed by atoms with Crippen molar-refractivity contribution in [3.05, 3.63) is 77.5 Å². The molecule has 0 fully saturated rings. The van der Waals surface area contributed by atoms with E-state index in [1.165, 1.54) is 11.8 Å². The summed E-state index contributed by atoms with van der Waals surface area (Å²) in [5.41, 5.74) is 1.86. The zero-order chi connectivity index (χ0) is 17.2. The lowest BCUT2D eigenvalue weighted by molar-refractivity contribution is -0.112. The van der Waals surface area contributed by atoms with Crippen molar-refractivity contribution in [2.45, 2.75) is 6.42 Å². The molecule has 2 N–H and O–H groups in total. The number of nitriles is 2. The minimum atomic E-state index is -0.549. The molecule has 118 valence electrons. The highest BCUT2D eigenvalue weighted by Gasteiger charge is 2.11. The van der Waals surface area contributed by atoms with Crippen LogP contribution in [0, 0.1) is 22.7 Å². The van der Waals surface area contributed by atoms with Crippen LogP contribution < -0.4 is 10.6 Å². The van der Waals surface area contributed by atoms with E-state index < -0.39 is 5.91 Å². The third kappa shape index (κ3) is 4.72. The van der Waals surface area contributed by atoms with Crippen molar-refractivity contribution in [3.8, 4) is 12.1 Å². The van der Waals surface area contributed by atoms with Gasteiger partial charge in [0.25, 0.3) is 5.91 Å². The van der Waals surface area contributed by atoms with Crippen molar-refractivity contribution in [2.75, 3.05) is 11.9 Å². The Hall–Kier alpha value is -3.57. The Morgan fingerprint density at radius 1 is 1.04 bits per heavy atom.